The van der Waals surface area contributed by atoms with Crippen molar-refractivity contribution in [2.24, 2.45) is 0 Å². The molecule has 0 amide bonds. The summed E-state index contributed by atoms with van der Waals surface area (Å²) in [6, 6.07) is 14.0. The molecule has 0 heterocycles. The standard InChI is InChI=1S/C14H13Br2NO/c1-18-11-6-7-12(15)10(8-11)9-17-14-5-3-2-4-13(14)16/h2-8,17H,9H2,1H3. The van der Waals surface area contributed by atoms with E-state index < -0.39 is 0 Å². The highest BCUT2D eigenvalue weighted by Gasteiger charge is 2.03. The quantitative estimate of drug-likeness (QED) is 0.831. The SMILES string of the molecule is COc1ccc(Br)c(CNc2ccccc2Br)c1. The van der Waals surface area contributed by atoms with Crippen molar-refractivity contribution >= 4 is 37.5 Å². The number of ether oxygens (including phenoxy) is 1. The summed E-state index contributed by atoms with van der Waals surface area (Å²) < 4.78 is 7.36. The van der Waals surface area contributed by atoms with Crippen LogP contribution >= 0.6 is 31.9 Å². The van der Waals surface area contributed by atoms with Gasteiger partial charge in [-0.25, -0.2) is 0 Å². The first kappa shape index (κ1) is 13.4. The Morgan fingerprint density at radius 2 is 1.83 bits per heavy atom. The van der Waals surface area contributed by atoms with Gasteiger partial charge in [0.15, 0.2) is 0 Å². The molecule has 2 rings (SSSR count). The van der Waals surface area contributed by atoms with Gasteiger partial charge in [-0.3, -0.25) is 0 Å². The molecule has 0 fully saturated rings. The molecule has 0 radical (unpaired) electrons. The molecule has 0 aliphatic heterocycles. The minimum Gasteiger partial charge on any atom is -0.497 e. The average Bonchev–Trinajstić information content (AvgIpc) is 2.39. The summed E-state index contributed by atoms with van der Waals surface area (Å²) in [6.07, 6.45) is 0. The van der Waals surface area contributed by atoms with E-state index in [1.165, 1.54) is 0 Å². The van der Waals surface area contributed by atoms with Crippen LogP contribution in [0.15, 0.2) is 51.4 Å². The van der Waals surface area contributed by atoms with Crippen molar-refractivity contribution in [1.29, 1.82) is 0 Å². The normalized spacial score (nSPS) is 10.2. The Hall–Kier alpha value is -1.00. The van der Waals surface area contributed by atoms with Crippen LogP contribution < -0.4 is 10.1 Å². The van der Waals surface area contributed by atoms with Crippen molar-refractivity contribution in [3.8, 4) is 5.75 Å². The van der Waals surface area contributed by atoms with Crippen LogP contribution in [0, 0.1) is 0 Å². The van der Waals surface area contributed by atoms with Crippen molar-refractivity contribution in [2.75, 3.05) is 12.4 Å². The minimum absolute atomic E-state index is 0.737. The van der Waals surface area contributed by atoms with Crippen LogP contribution in [0.3, 0.4) is 0 Å². The van der Waals surface area contributed by atoms with Gasteiger partial charge >= 0.3 is 0 Å². The third-order valence-corrected chi connectivity index (χ3v) is 4.06. The first-order valence-electron chi connectivity index (χ1n) is 5.51. The Morgan fingerprint density at radius 3 is 2.56 bits per heavy atom. The van der Waals surface area contributed by atoms with Gasteiger partial charge in [0.05, 0.1) is 7.11 Å². The number of hydrogen-bond acceptors (Lipinski definition) is 2. The van der Waals surface area contributed by atoms with E-state index in [4.69, 9.17) is 4.74 Å². The summed E-state index contributed by atoms with van der Waals surface area (Å²) in [7, 11) is 1.67. The molecule has 1 N–H and O–H groups in total. The third kappa shape index (κ3) is 3.27. The number of benzene rings is 2. The second-order valence-corrected chi connectivity index (χ2v) is 5.50. The summed E-state index contributed by atoms with van der Waals surface area (Å²) >= 11 is 7.06. The Morgan fingerprint density at radius 1 is 1.06 bits per heavy atom. The zero-order chi connectivity index (χ0) is 13.0. The molecule has 94 valence electrons. The van der Waals surface area contributed by atoms with E-state index in [2.05, 4.69) is 37.2 Å². The molecule has 18 heavy (non-hydrogen) atoms. The Kier molecular flexibility index (Phi) is 4.66. The Balaban J connectivity index is 2.13. The molecule has 0 spiro atoms. The predicted octanol–water partition coefficient (Wildman–Crippen LogP) is 4.83. The second kappa shape index (κ2) is 6.25. The maximum absolute atomic E-state index is 5.23. The van der Waals surface area contributed by atoms with Gasteiger partial charge < -0.3 is 10.1 Å². The molecular weight excluding hydrogens is 358 g/mol. The van der Waals surface area contributed by atoms with Crippen LogP contribution in [0.4, 0.5) is 5.69 Å². The van der Waals surface area contributed by atoms with E-state index in [0.29, 0.717) is 0 Å². The van der Waals surface area contributed by atoms with E-state index in [9.17, 15) is 0 Å². The van der Waals surface area contributed by atoms with Crippen molar-refractivity contribution in [2.45, 2.75) is 6.54 Å². The molecule has 0 unspecified atom stereocenters. The molecule has 2 aromatic carbocycles. The molecule has 4 heteroatoms. The average molecular weight is 371 g/mol. The summed E-state index contributed by atoms with van der Waals surface area (Å²) in [6.45, 7) is 0.737. The smallest absolute Gasteiger partial charge is 0.119 e. The van der Waals surface area contributed by atoms with Crippen LogP contribution in [0.2, 0.25) is 0 Å². The monoisotopic (exact) mass is 369 g/mol. The lowest BCUT2D eigenvalue weighted by Crippen LogP contribution is -2.01. The predicted molar refractivity (Wildman–Crippen MR) is 82.2 cm³/mol. The summed E-state index contributed by atoms with van der Waals surface area (Å²) in [5, 5.41) is 3.39. The molecule has 0 bridgehead atoms. The number of hydrogen-bond donors (Lipinski definition) is 1. The van der Waals surface area contributed by atoms with Gasteiger partial charge in [0.25, 0.3) is 0 Å². The van der Waals surface area contributed by atoms with Crippen LogP contribution in [0.25, 0.3) is 0 Å². The highest BCUT2D eigenvalue weighted by Crippen LogP contribution is 2.25. The van der Waals surface area contributed by atoms with Crippen LogP contribution in [-0.4, -0.2) is 7.11 Å². The number of methoxy groups -OCH3 is 1. The number of nitrogens with one attached hydrogen (secondary N) is 1. The van der Waals surface area contributed by atoms with Gasteiger partial charge in [-0.1, -0.05) is 28.1 Å². The molecule has 2 aromatic rings. The zero-order valence-corrected chi connectivity index (χ0v) is 13.1. The Bertz CT molecular complexity index is 543. The first-order valence-corrected chi connectivity index (χ1v) is 7.10. The molecule has 0 aliphatic carbocycles. The molecule has 0 saturated heterocycles. The van der Waals surface area contributed by atoms with Crippen LogP contribution in [0.1, 0.15) is 5.56 Å². The van der Waals surface area contributed by atoms with Gasteiger partial charge in [0.1, 0.15) is 5.75 Å². The first-order chi connectivity index (χ1) is 8.70. The molecule has 0 aromatic heterocycles. The molecule has 2 nitrogen and oxygen atoms in total. The lowest BCUT2D eigenvalue weighted by atomic mass is 10.2. The van der Waals surface area contributed by atoms with Gasteiger partial charge in [-0.2, -0.15) is 0 Å². The second-order valence-electron chi connectivity index (χ2n) is 3.79. The number of halogens is 2. The zero-order valence-electron chi connectivity index (χ0n) is 9.91. The van der Waals surface area contributed by atoms with Gasteiger partial charge in [-0.05, 0) is 51.8 Å². The van der Waals surface area contributed by atoms with E-state index in [0.717, 1.165) is 32.5 Å². The highest BCUT2D eigenvalue weighted by atomic mass is 79.9. The maximum Gasteiger partial charge on any atom is 0.119 e. The van der Waals surface area contributed by atoms with Crippen LogP contribution in [-0.2, 0) is 6.54 Å². The minimum atomic E-state index is 0.737. The highest BCUT2D eigenvalue weighted by molar-refractivity contribution is 9.10. The van der Waals surface area contributed by atoms with E-state index in [1.54, 1.807) is 7.11 Å². The number of rotatable bonds is 4. The number of anilines is 1. The van der Waals surface area contributed by atoms with E-state index in [-0.39, 0.29) is 0 Å². The fourth-order valence-electron chi connectivity index (χ4n) is 1.61. The molecule has 0 aliphatic rings. The lowest BCUT2D eigenvalue weighted by Gasteiger charge is -2.11. The Labute approximate surface area is 124 Å². The summed E-state index contributed by atoms with van der Waals surface area (Å²) in [5.41, 5.74) is 2.23. The fraction of sp³-hybridized carbons (Fsp3) is 0.143. The molecule has 0 saturated carbocycles. The van der Waals surface area contributed by atoms with Crippen molar-refractivity contribution < 1.29 is 4.74 Å². The fourth-order valence-corrected chi connectivity index (χ4v) is 2.42. The van der Waals surface area contributed by atoms with Crippen molar-refractivity contribution in [1.82, 2.24) is 0 Å². The topological polar surface area (TPSA) is 21.3 Å². The number of para-hydroxylation sites is 1. The van der Waals surface area contributed by atoms with Crippen LogP contribution in [0.5, 0.6) is 5.75 Å². The van der Waals surface area contributed by atoms with Gasteiger partial charge in [0, 0.05) is 21.2 Å². The molecule has 0 atom stereocenters. The third-order valence-electron chi connectivity index (χ3n) is 2.60. The summed E-state index contributed by atoms with van der Waals surface area (Å²) in [4.78, 5) is 0. The maximum atomic E-state index is 5.23. The summed E-state index contributed by atoms with van der Waals surface area (Å²) in [5.74, 6) is 0.863. The van der Waals surface area contributed by atoms with E-state index in [1.807, 2.05) is 42.5 Å². The largest absolute Gasteiger partial charge is 0.497 e. The van der Waals surface area contributed by atoms with Crippen molar-refractivity contribution in [3.05, 3.63) is 57.0 Å². The van der Waals surface area contributed by atoms with E-state index >= 15 is 0 Å². The lowest BCUT2D eigenvalue weighted by molar-refractivity contribution is 0.414. The van der Waals surface area contributed by atoms with Gasteiger partial charge in [0.2, 0.25) is 0 Å². The molecular formula is C14H13Br2NO. The van der Waals surface area contributed by atoms with Crippen molar-refractivity contribution in [3.63, 3.8) is 0 Å². The van der Waals surface area contributed by atoms with Gasteiger partial charge in [-0.15, -0.1) is 0 Å².